The van der Waals surface area contributed by atoms with Crippen molar-refractivity contribution in [3.05, 3.63) is 50.2 Å². The summed E-state index contributed by atoms with van der Waals surface area (Å²) in [7, 11) is 0. The Hall–Kier alpha value is -1.59. The molecule has 2 aromatic rings. The van der Waals surface area contributed by atoms with Crippen molar-refractivity contribution in [1.82, 2.24) is 4.98 Å². The zero-order chi connectivity index (χ0) is 16.4. The van der Waals surface area contributed by atoms with Gasteiger partial charge in [0, 0.05) is 15.7 Å². The molecular weight excluding hydrogens is 370 g/mol. The number of aromatic amines is 1. The van der Waals surface area contributed by atoms with Gasteiger partial charge in [-0.25, -0.2) is 0 Å². The maximum Gasteiger partial charge on any atom is 0.216 e. The fourth-order valence-corrected chi connectivity index (χ4v) is 2.87. The van der Waals surface area contributed by atoms with E-state index in [4.69, 9.17) is 16.3 Å². The van der Waals surface area contributed by atoms with Crippen LogP contribution in [0.15, 0.2) is 22.7 Å². The van der Waals surface area contributed by atoms with Gasteiger partial charge in [0.15, 0.2) is 12.4 Å². The summed E-state index contributed by atoms with van der Waals surface area (Å²) in [6.45, 7) is 4.84. The van der Waals surface area contributed by atoms with Crippen LogP contribution in [0.2, 0.25) is 5.02 Å². The van der Waals surface area contributed by atoms with Gasteiger partial charge in [-0.05, 0) is 44.5 Å². The van der Waals surface area contributed by atoms with Gasteiger partial charge in [-0.2, -0.15) is 0 Å². The molecule has 0 unspecified atom stereocenters. The van der Waals surface area contributed by atoms with Crippen LogP contribution in [0, 0.1) is 13.8 Å². The molecule has 0 fully saturated rings. The number of Topliss-reactive ketones (excluding diaryl/α,β-unsaturated/α-hetero) is 2. The Morgan fingerprint density at radius 3 is 2.59 bits per heavy atom. The number of halogens is 2. The number of carbonyl (C=O) groups excluding carboxylic acids is 2. The van der Waals surface area contributed by atoms with E-state index in [1.807, 2.05) is 0 Å². The summed E-state index contributed by atoms with van der Waals surface area (Å²) in [5, 5.41) is 0.430. The first kappa shape index (κ1) is 16.8. The van der Waals surface area contributed by atoms with Gasteiger partial charge in [-0.3, -0.25) is 9.59 Å². The van der Waals surface area contributed by atoms with Gasteiger partial charge in [0.1, 0.15) is 5.75 Å². The normalized spacial score (nSPS) is 10.6. The second-order valence-electron chi connectivity index (χ2n) is 4.97. The van der Waals surface area contributed by atoms with Gasteiger partial charge < -0.3 is 9.72 Å². The number of aryl methyl sites for hydroxylation is 1. The van der Waals surface area contributed by atoms with E-state index >= 15 is 0 Å². The number of carbonyl (C=O) groups is 2. The minimum atomic E-state index is -0.232. The number of benzene rings is 1. The summed E-state index contributed by atoms with van der Waals surface area (Å²) in [5.74, 6) is 0.127. The topological polar surface area (TPSA) is 59.2 Å². The first-order valence-corrected chi connectivity index (χ1v) is 7.79. The molecule has 22 heavy (non-hydrogen) atoms. The number of aromatic nitrogens is 1. The highest BCUT2D eigenvalue weighted by Gasteiger charge is 2.20. The third kappa shape index (κ3) is 3.42. The molecule has 1 aromatic carbocycles. The maximum absolute atomic E-state index is 12.3. The van der Waals surface area contributed by atoms with Crippen LogP contribution in [0.25, 0.3) is 0 Å². The van der Waals surface area contributed by atoms with E-state index in [2.05, 4.69) is 20.9 Å². The quantitative estimate of drug-likeness (QED) is 0.772. The maximum atomic E-state index is 12.3. The Kier molecular flexibility index (Phi) is 5.08. The number of nitrogens with one attached hydrogen (secondary N) is 1. The lowest BCUT2D eigenvalue weighted by Crippen LogP contribution is -2.13. The van der Waals surface area contributed by atoms with Crippen molar-refractivity contribution in [3.63, 3.8) is 0 Å². The zero-order valence-corrected chi connectivity index (χ0v) is 14.8. The molecule has 1 aromatic heterocycles. The van der Waals surface area contributed by atoms with Crippen LogP contribution in [0.4, 0.5) is 0 Å². The zero-order valence-electron chi connectivity index (χ0n) is 12.4. The van der Waals surface area contributed by atoms with Crippen LogP contribution in [0.5, 0.6) is 5.75 Å². The van der Waals surface area contributed by atoms with Crippen LogP contribution in [0.1, 0.15) is 39.0 Å². The molecule has 0 spiro atoms. The van der Waals surface area contributed by atoms with E-state index in [-0.39, 0.29) is 18.2 Å². The monoisotopic (exact) mass is 383 g/mol. The standard InChI is InChI=1S/C16H15BrClNO3/c1-8-15(10(3)20)9(2)19-16(8)13(21)7-22-14-6-11(17)4-5-12(14)18/h4-6,19H,7H2,1-3H3. The van der Waals surface area contributed by atoms with Crippen LogP contribution in [-0.4, -0.2) is 23.2 Å². The summed E-state index contributed by atoms with van der Waals surface area (Å²) in [6.07, 6.45) is 0. The van der Waals surface area contributed by atoms with E-state index in [9.17, 15) is 9.59 Å². The number of H-pyrrole nitrogens is 1. The van der Waals surface area contributed by atoms with Crippen molar-refractivity contribution in [2.24, 2.45) is 0 Å². The third-order valence-corrected chi connectivity index (χ3v) is 4.13. The van der Waals surface area contributed by atoms with Crippen LogP contribution < -0.4 is 4.74 Å². The number of hydrogen-bond acceptors (Lipinski definition) is 3. The third-order valence-electron chi connectivity index (χ3n) is 3.32. The molecule has 1 N–H and O–H groups in total. The molecule has 0 amide bonds. The lowest BCUT2D eigenvalue weighted by atomic mass is 10.1. The Morgan fingerprint density at radius 1 is 1.32 bits per heavy atom. The molecule has 6 heteroatoms. The highest BCUT2D eigenvalue weighted by atomic mass is 79.9. The molecule has 0 saturated carbocycles. The van der Waals surface area contributed by atoms with Crippen molar-refractivity contribution in [3.8, 4) is 5.75 Å². The van der Waals surface area contributed by atoms with Crippen molar-refractivity contribution >= 4 is 39.1 Å². The molecule has 0 saturated heterocycles. The Balaban J connectivity index is 2.18. The summed E-state index contributed by atoms with van der Waals surface area (Å²) in [4.78, 5) is 26.9. The van der Waals surface area contributed by atoms with Crippen molar-refractivity contribution in [2.75, 3.05) is 6.61 Å². The van der Waals surface area contributed by atoms with E-state index < -0.39 is 0 Å². The van der Waals surface area contributed by atoms with Crippen molar-refractivity contribution in [2.45, 2.75) is 20.8 Å². The number of ketones is 2. The van der Waals surface area contributed by atoms with Crippen molar-refractivity contribution in [1.29, 1.82) is 0 Å². The van der Waals surface area contributed by atoms with E-state index in [1.165, 1.54) is 6.92 Å². The average molecular weight is 385 g/mol. The number of ether oxygens (including phenoxy) is 1. The van der Waals surface area contributed by atoms with Gasteiger partial charge in [0.25, 0.3) is 0 Å². The van der Waals surface area contributed by atoms with E-state index in [0.29, 0.717) is 33.3 Å². The van der Waals surface area contributed by atoms with Gasteiger partial charge in [-0.15, -0.1) is 0 Å². The first-order valence-electron chi connectivity index (χ1n) is 6.62. The molecule has 1 heterocycles. The second-order valence-corrected chi connectivity index (χ2v) is 6.29. The molecule has 0 aliphatic heterocycles. The second kappa shape index (κ2) is 6.67. The van der Waals surface area contributed by atoms with Crippen LogP contribution in [-0.2, 0) is 0 Å². The fourth-order valence-electron chi connectivity index (χ4n) is 2.36. The van der Waals surface area contributed by atoms with Gasteiger partial charge >= 0.3 is 0 Å². The molecule has 0 bridgehead atoms. The summed E-state index contributed by atoms with van der Waals surface area (Å²) >= 11 is 9.34. The lowest BCUT2D eigenvalue weighted by molar-refractivity contribution is 0.0916. The number of hydrogen-bond donors (Lipinski definition) is 1. The minimum absolute atomic E-state index is 0.0683. The molecule has 0 atom stereocenters. The van der Waals surface area contributed by atoms with E-state index in [0.717, 1.165) is 4.47 Å². The van der Waals surface area contributed by atoms with Gasteiger partial charge in [0.2, 0.25) is 5.78 Å². The molecule has 0 aliphatic carbocycles. The molecule has 2 rings (SSSR count). The Morgan fingerprint density at radius 2 is 2.00 bits per heavy atom. The highest BCUT2D eigenvalue weighted by Crippen LogP contribution is 2.28. The summed E-state index contributed by atoms with van der Waals surface area (Å²) in [5.41, 5.74) is 2.30. The highest BCUT2D eigenvalue weighted by molar-refractivity contribution is 9.10. The summed E-state index contributed by atoms with van der Waals surface area (Å²) in [6, 6.07) is 5.17. The molecule has 116 valence electrons. The fraction of sp³-hybridized carbons (Fsp3) is 0.250. The van der Waals surface area contributed by atoms with Crippen LogP contribution in [0.3, 0.4) is 0 Å². The van der Waals surface area contributed by atoms with Gasteiger partial charge in [0.05, 0.1) is 10.7 Å². The Bertz CT molecular complexity index is 752. The largest absolute Gasteiger partial charge is 0.484 e. The van der Waals surface area contributed by atoms with Crippen LogP contribution >= 0.6 is 27.5 Å². The summed E-state index contributed by atoms with van der Waals surface area (Å²) < 4.78 is 6.29. The van der Waals surface area contributed by atoms with Crippen molar-refractivity contribution < 1.29 is 14.3 Å². The molecule has 0 aliphatic rings. The average Bonchev–Trinajstić information content (AvgIpc) is 2.74. The smallest absolute Gasteiger partial charge is 0.216 e. The number of rotatable bonds is 5. The predicted molar refractivity (Wildman–Crippen MR) is 89.2 cm³/mol. The SMILES string of the molecule is CC(=O)c1c(C)[nH]c(C(=O)COc2cc(Br)ccc2Cl)c1C. The minimum Gasteiger partial charge on any atom is -0.484 e. The molecular formula is C16H15BrClNO3. The first-order chi connectivity index (χ1) is 10.3. The molecule has 4 nitrogen and oxygen atoms in total. The Labute approximate surface area is 141 Å². The van der Waals surface area contributed by atoms with E-state index in [1.54, 1.807) is 32.0 Å². The van der Waals surface area contributed by atoms with Gasteiger partial charge in [-0.1, -0.05) is 27.5 Å². The lowest BCUT2D eigenvalue weighted by Gasteiger charge is -2.07. The molecule has 0 radical (unpaired) electrons. The predicted octanol–water partition coefficient (Wildman–Crippen LogP) is 4.51.